The van der Waals surface area contributed by atoms with Crippen LogP contribution in [-0.4, -0.2) is 4.98 Å². The van der Waals surface area contributed by atoms with Crippen LogP contribution >= 0.6 is 0 Å². The van der Waals surface area contributed by atoms with Gasteiger partial charge in [-0.2, -0.15) is 0 Å². The molecule has 0 saturated heterocycles. The van der Waals surface area contributed by atoms with Gasteiger partial charge in [-0.3, -0.25) is 10.7 Å². The molecular formula is C10H12N4. The van der Waals surface area contributed by atoms with Gasteiger partial charge in [0.1, 0.15) is 0 Å². The van der Waals surface area contributed by atoms with E-state index < -0.39 is 5.66 Å². The van der Waals surface area contributed by atoms with Crippen LogP contribution in [0.25, 0.3) is 0 Å². The summed E-state index contributed by atoms with van der Waals surface area (Å²) in [6.07, 6.45) is 8.77. The highest BCUT2D eigenvalue weighted by atomic mass is 15.1. The first-order valence-electron chi connectivity index (χ1n) is 4.33. The monoisotopic (exact) mass is 188 g/mol. The molecular weight excluding hydrogens is 176 g/mol. The fourth-order valence-electron chi connectivity index (χ4n) is 1.41. The van der Waals surface area contributed by atoms with Gasteiger partial charge in [0.05, 0.1) is 5.70 Å². The minimum absolute atomic E-state index is 0.589. The molecule has 0 spiro atoms. The maximum absolute atomic E-state index is 6.14. The van der Waals surface area contributed by atoms with Gasteiger partial charge >= 0.3 is 0 Å². The molecule has 2 rings (SSSR count). The molecule has 1 aliphatic heterocycles. The van der Waals surface area contributed by atoms with Gasteiger partial charge in [-0.05, 0) is 30.5 Å². The summed E-state index contributed by atoms with van der Waals surface area (Å²) in [5.41, 5.74) is 12.7. The topological polar surface area (TPSA) is 77.0 Å². The molecule has 0 bridgehead atoms. The summed E-state index contributed by atoms with van der Waals surface area (Å²) >= 11 is 0. The van der Waals surface area contributed by atoms with Crippen molar-refractivity contribution in [2.24, 2.45) is 11.5 Å². The molecule has 5 N–H and O–H groups in total. The quantitative estimate of drug-likeness (QED) is 0.586. The molecule has 0 radical (unpaired) electrons. The van der Waals surface area contributed by atoms with Gasteiger partial charge in [-0.15, -0.1) is 0 Å². The van der Waals surface area contributed by atoms with Crippen LogP contribution in [0.5, 0.6) is 0 Å². The summed E-state index contributed by atoms with van der Waals surface area (Å²) in [5.74, 6) is 0. The maximum atomic E-state index is 6.14. The molecule has 72 valence electrons. The Morgan fingerprint density at radius 1 is 1.29 bits per heavy atom. The van der Waals surface area contributed by atoms with E-state index in [-0.39, 0.29) is 0 Å². The summed E-state index contributed by atoms with van der Waals surface area (Å²) in [5, 5.41) is 3.04. The van der Waals surface area contributed by atoms with Crippen molar-refractivity contribution >= 4 is 0 Å². The van der Waals surface area contributed by atoms with Crippen LogP contribution in [0, 0.1) is 0 Å². The van der Waals surface area contributed by atoms with Crippen LogP contribution < -0.4 is 16.8 Å². The zero-order chi connectivity index (χ0) is 10.0. The number of pyridine rings is 1. The van der Waals surface area contributed by atoms with E-state index in [1.54, 1.807) is 24.7 Å². The lowest BCUT2D eigenvalue weighted by Gasteiger charge is -2.32. The summed E-state index contributed by atoms with van der Waals surface area (Å²) in [6, 6.07) is 3.68. The summed E-state index contributed by atoms with van der Waals surface area (Å²) < 4.78 is 0. The largest absolute Gasteiger partial charge is 0.399 e. The van der Waals surface area contributed by atoms with Crippen LogP contribution in [0.2, 0.25) is 0 Å². The predicted octanol–water partition coefficient (Wildman–Crippen LogP) is 0.153. The number of nitrogens with two attached hydrogens (primary N) is 2. The maximum Gasteiger partial charge on any atom is 0.153 e. The van der Waals surface area contributed by atoms with Crippen LogP contribution in [-0.2, 0) is 5.66 Å². The van der Waals surface area contributed by atoms with E-state index in [1.165, 1.54) is 0 Å². The van der Waals surface area contributed by atoms with Crippen LogP contribution in [0.15, 0.2) is 48.6 Å². The Hall–Kier alpha value is -1.81. The van der Waals surface area contributed by atoms with E-state index in [2.05, 4.69) is 10.3 Å². The lowest BCUT2D eigenvalue weighted by atomic mass is 9.96. The first-order valence-corrected chi connectivity index (χ1v) is 4.33. The summed E-state index contributed by atoms with van der Waals surface area (Å²) in [6.45, 7) is 0. The number of hydrogen-bond acceptors (Lipinski definition) is 4. The smallest absolute Gasteiger partial charge is 0.153 e. The van der Waals surface area contributed by atoms with Crippen molar-refractivity contribution < 1.29 is 0 Å². The molecule has 0 amide bonds. The molecule has 4 nitrogen and oxygen atoms in total. The van der Waals surface area contributed by atoms with Crippen molar-refractivity contribution in [3.63, 3.8) is 0 Å². The molecule has 4 heteroatoms. The Balaban J connectivity index is 2.43. The Labute approximate surface area is 82.3 Å². The van der Waals surface area contributed by atoms with Gasteiger partial charge in [-0.25, -0.2) is 0 Å². The Morgan fingerprint density at radius 2 is 2.00 bits per heavy atom. The second-order valence-electron chi connectivity index (χ2n) is 3.17. The molecule has 1 aromatic heterocycles. The lowest BCUT2D eigenvalue weighted by Crippen LogP contribution is -2.53. The molecule has 0 fully saturated rings. The van der Waals surface area contributed by atoms with Crippen molar-refractivity contribution in [2.45, 2.75) is 5.66 Å². The van der Waals surface area contributed by atoms with Crippen LogP contribution in [0.4, 0.5) is 0 Å². The first kappa shape index (κ1) is 8.77. The minimum atomic E-state index is -0.808. The number of nitrogens with zero attached hydrogens (tertiary/aromatic N) is 1. The van der Waals surface area contributed by atoms with E-state index in [1.807, 2.05) is 18.2 Å². The molecule has 1 aromatic rings. The molecule has 0 aromatic carbocycles. The number of hydrogen-bond donors (Lipinski definition) is 3. The van der Waals surface area contributed by atoms with Gasteiger partial charge in [0.25, 0.3) is 0 Å². The first-order chi connectivity index (χ1) is 6.73. The van der Waals surface area contributed by atoms with Gasteiger partial charge in [0.15, 0.2) is 5.66 Å². The number of dihydropyridines is 1. The van der Waals surface area contributed by atoms with Crippen LogP contribution in [0.1, 0.15) is 5.56 Å². The SMILES string of the molecule is NC1=CC=CNC1(N)c1ccncc1. The Morgan fingerprint density at radius 3 is 2.64 bits per heavy atom. The predicted molar refractivity (Wildman–Crippen MR) is 54.6 cm³/mol. The van der Waals surface area contributed by atoms with Crippen LogP contribution in [0.3, 0.4) is 0 Å². The molecule has 2 heterocycles. The average Bonchev–Trinajstić information content (AvgIpc) is 2.24. The standard InChI is InChI=1S/C10H12N4/c11-9-2-1-5-14-10(9,12)8-3-6-13-7-4-8/h1-7,14H,11-12H2. The van der Waals surface area contributed by atoms with Gasteiger partial charge in [-0.1, -0.05) is 0 Å². The van der Waals surface area contributed by atoms with Crippen molar-refractivity contribution in [3.05, 3.63) is 54.1 Å². The zero-order valence-corrected chi connectivity index (χ0v) is 7.64. The van der Waals surface area contributed by atoms with Gasteiger partial charge in [0.2, 0.25) is 0 Å². The van der Waals surface area contributed by atoms with E-state index in [0.29, 0.717) is 5.70 Å². The van der Waals surface area contributed by atoms with Crippen molar-refractivity contribution in [2.75, 3.05) is 0 Å². The highest BCUT2D eigenvalue weighted by molar-refractivity contribution is 5.36. The molecule has 0 saturated carbocycles. The van der Waals surface area contributed by atoms with E-state index >= 15 is 0 Å². The molecule has 0 aliphatic carbocycles. The lowest BCUT2D eigenvalue weighted by molar-refractivity contribution is 0.456. The van der Waals surface area contributed by atoms with E-state index in [4.69, 9.17) is 11.5 Å². The number of rotatable bonds is 1. The second-order valence-corrected chi connectivity index (χ2v) is 3.17. The van der Waals surface area contributed by atoms with Gasteiger partial charge in [0, 0.05) is 18.0 Å². The third kappa shape index (κ3) is 1.25. The molecule has 14 heavy (non-hydrogen) atoms. The molecule has 1 unspecified atom stereocenters. The fraction of sp³-hybridized carbons (Fsp3) is 0.100. The molecule has 1 atom stereocenters. The number of aromatic nitrogens is 1. The third-order valence-corrected chi connectivity index (χ3v) is 2.27. The van der Waals surface area contributed by atoms with Crippen molar-refractivity contribution in [1.29, 1.82) is 0 Å². The normalized spacial score (nSPS) is 25.4. The molecule has 1 aliphatic rings. The second kappa shape index (κ2) is 3.16. The summed E-state index contributed by atoms with van der Waals surface area (Å²) in [4.78, 5) is 3.93. The average molecular weight is 188 g/mol. The van der Waals surface area contributed by atoms with Gasteiger partial charge < -0.3 is 11.1 Å². The highest BCUT2D eigenvalue weighted by Crippen LogP contribution is 2.22. The van der Waals surface area contributed by atoms with Crippen molar-refractivity contribution in [1.82, 2.24) is 10.3 Å². The Bertz CT molecular complexity index is 382. The zero-order valence-electron chi connectivity index (χ0n) is 7.64. The van der Waals surface area contributed by atoms with E-state index in [0.717, 1.165) is 5.56 Å². The number of allylic oxidation sites excluding steroid dienone is 2. The highest BCUT2D eigenvalue weighted by Gasteiger charge is 2.29. The fourth-order valence-corrected chi connectivity index (χ4v) is 1.41. The minimum Gasteiger partial charge on any atom is -0.399 e. The Kier molecular flexibility index (Phi) is 1.98. The number of nitrogens with one attached hydrogen (secondary N) is 1. The van der Waals surface area contributed by atoms with E-state index in [9.17, 15) is 0 Å². The summed E-state index contributed by atoms with van der Waals surface area (Å²) in [7, 11) is 0. The third-order valence-electron chi connectivity index (χ3n) is 2.27. The van der Waals surface area contributed by atoms with Crippen molar-refractivity contribution in [3.8, 4) is 0 Å².